The lowest BCUT2D eigenvalue weighted by atomic mass is 9.93. The Hall–Kier alpha value is -1.43. The minimum atomic E-state index is -0.500. The monoisotopic (exact) mass is 365 g/mol. The number of nitrogens with zero attached hydrogens (tertiary/aromatic N) is 3. The molecule has 0 aliphatic heterocycles. The van der Waals surface area contributed by atoms with Gasteiger partial charge in [0.15, 0.2) is 0 Å². The Bertz CT molecular complexity index is 600. The molecule has 26 heavy (non-hydrogen) atoms. The summed E-state index contributed by atoms with van der Waals surface area (Å²) >= 11 is 0. The molecule has 1 unspecified atom stereocenters. The Labute approximate surface area is 157 Å². The van der Waals surface area contributed by atoms with Crippen molar-refractivity contribution < 1.29 is 14.3 Å². The molecule has 6 heteroatoms. The smallest absolute Gasteiger partial charge is 0.332 e. The molecule has 0 saturated heterocycles. The quantitative estimate of drug-likeness (QED) is 0.702. The highest BCUT2D eigenvalue weighted by Crippen LogP contribution is 2.33. The van der Waals surface area contributed by atoms with E-state index in [1.165, 1.54) is 5.69 Å². The second-order valence-electron chi connectivity index (χ2n) is 8.52. The van der Waals surface area contributed by atoms with E-state index < -0.39 is 5.60 Å². The third-order valence-electron chi connectivity index (χ3n) is 5.34. The average Bonchev–Trinajstić information content (AvgIpc) is 2.96. The number of ether oxygens (including phenoxy) is 2. The van der Waals surface area contributed by atoms with Crippen molar-refractivity contribution in [1.82, 2.24) is 15.0 Å². The van der Waals surface area contributed by atoms with Crippen LogP contribution < -0.4 is 0 Å². The number of hydrogen-bond donors (Lipinski definition) is 0. The summed E-state index contributed by atoms with van der Waals surface area (Å²) in [5, 5.41) is 8.99. The predicted molar refractivity (Wildman–Crippen MR) is 101 cm³/mol. The highest BCUT2D eigenvalue weighted by molar-refractivity contribution is 5.71. The van der Waals surface area contributed by atoms with Gasteiger partial charge in [-0.15, -0.1) is 5.10 Å². The van der Waals surface area contributed by atoms with Crippen LogP contribution in [0.25, 0.3) is 0 Å². The zero-order valence-electron chi connectivity index (χ0n) is 17.3. The lowest BCUT2D eigenvalue weighted by molar-refractivity contribution is -0.162. The van der Waals surface area contributed by atoms with Crippen LogP contribution in [0.15, 0.2) is 0 Å². The van der Waals surface area contributed by atoms with E-state index in [0.29, 0.717) is 0 Å². The second-order valence-corrected chi connectivity index (χ2v) is 8.52. The molecule has 0 saturated carbocycles. The molecule has 1 heterocycles. The van der Waals surface area contributed by atoms with Crippen LogP contribution in [0.2, 0.25) is 0 Å². The van der Waals surface area contributed by atoms with E-state index in [9.17, 15) is 4.79 Å². The zero-order valence-corrected chi connectivity index (χ0v) is 17.3. The van der Waals surface area contributed by atoms with Gasteiger partial charge in [0.1, 0.15) is 24.0 Å². The van der Waals surface area contributed by atoms with Gasteiger partial charge in [0.05, 0.1) is 11.2 Å². The number of aromatic nitrogens is 3. The van der Waals surface area contributed by atoms with E-state index in [4.69, 9.17) is 9.47 Å². The number of esters is 1. The molecular weight excluding hydrogens is 330 g/mol. The molecule has 2 rings (SSSR count). The van der Waals surface area contributed by atoms with E-state index in [1.807, 2.05) is 20.8 Å². The maximum atomic E-state index is 12.0. The van der Waals surface area contributed by atoms with Gasteiger partial charge in [-0.1, -0.05) is 31.9 Å². The Kier molecular flexibility index (Phi) is 6.83. The van der Waals surface area contributed by atoms with Gasteiger partial charge in [-0.05, 0) is 59.8 Å². The van der Waals surface area contributed by atoms with Gasteiger partial charge in [0, 0.05) is 0 Å². The van der Waals surface area contributed by atoms with Crippen molar-refractivity contribution in [2.45, 2.75) is 104 Å². The summed E-state index contributed by atoms with van der Waals surface area (Å²) in [5.41, 5.74) is 1.54. The van der Waals surface area contributed by atoms with Gasteiger partial charge in [0.25, 0.3) is 0 Å². The van der Waals surface area contributed by atoms with Gasteiger partial charge in [-0.3, -0.25) is 0 Å². The SMILES string of the molecule is CCC(C)(CC)n1nnc2c1CCCCCC2OCC(=O)OC(C)(C)C. The first kappa shape index (κ1) is 20.9. The van der Waals surface area contributed by atoms with Gasteiger partial charge in [-0.2, -0.15) is 0 Å². The normalized spacial score (nSPS) is 18.8. The first-order chi connectivity index (χ1) is 12.2. The Morgan fingerprint density at radius 3 is 2.46 bits per heavy atom. The first-order valence-corrected chi connectivity index (χ1v) is 9.98. The first-order valence-electron chi connectivity index (χ1n) is 9.98. The second kappa shape index (κ2) is 8.51. The molecule has 148 valence electrons. The van der Waals surface area contributed by atoms with Crippen LogP contribution in [-0.4, -0.2) is 33.2 Å². The van der Waals surface area contributed by atoms with Crippen LogP contribution in [0.3, 0.4) is 0 Å². The maximum Gasteiger partial charge on any atom is 0.332 e. The number of fused-ring (bicyclic) bond motifs is 1. The van der Waals surface area contributed by atoms with Crippen molar-refractivity contribution in [3.05, 3.63) is 11.4 Å². The molecule has 1 aliphatic carbocycles. The third kappa shape index (κ3) is 5.06. The molecule has 0 spiro atoms. The van der Waals surface area contributed by atoms with Gasteiger partial charge >= 0.3 is 5.97 Å². The third-order valence-corrected chi connectivity index (χ3v) is 5.34. The largest absolute Gasteiger partial charge is 0.458 e. The standard InChI is InChI=1S/C20H35N3O3/c1-7-20(6,8-2)23-15-12-10-9-11-13-16(18(15)21-22-23)25-14-17(24)26-19(3,4)5/h16H,7-14H2,1-6H3. The van der Waals surface area contributed by atoms with Crippen molar-refractivity contribution in [2.75, 3.05) is 6.61 Å². The summed E-state index contributed by atoms with van der Waals surface area (Å²) in [6.07, 6.45) is 7.02. The summed E-state index contributed by atoms with van der Waals surface area (Å²) in [6.45, 7) is 12.2. The van der Waals surface area contributed by atoms with Crippen LogP contribution in [-0.2, 0) is 26.2 Å². The van der Waals surface area contributed by atoms with Crippen molar-refractivity contribution in [1.29, 1.82) is 0 Å². The Morgan fingerprint density at radius 2 is 1.85 bits per heavy atom. The van der Waals surface area contributed by atoms with Crippen LogP contribution in [0.4, 0.5) is 0 Å². The highest BCUT2D eigenvalue weighted by Gasteiger charge is 2.32. The molecule has 1 aliphatic rings. The molecule has 0 aromatic carbocycles. The average molecular weight is 366 g/mol. The summed E-state index contributed by atoms with van der Waals surface area (Å²) in [7, 11) is 0. The van der Waals surface area contributed by atoms with E-state index in [-0.39, 0.29) is 24.2 Å². The maximum absolute atomic E-state index is 12.0. The fourth-order valence-electron chi connectivity index (χ4n) is 3.42. The highest BCUT2D eigenvalue weighted by atomic mass is 16.6. The summed E-state index contributed by atoms with van der Waals surface area (Å²) in [5.74, 6) is -0.333. The minimum absolute atomic E-state index is 0.0322. The fourth-order valence-corrected chi connectivity index (χ4v) is 3.42. The molecule has 1 aromatic rings. The van der Waals surface area contributed by atoms with Crippen LogP contribution in [0.5, 0.6) is 0 Å². The fraction of sp³-hybridized carbons (Fsp3) is 0.850. The van der Waals surface area contributed by atoms with E-state index >= 15 is 0 Å². The van der Waals surface area contributed by atoms with Crippen molar-refractivity contribution in [3.63, 3.8) is 0 Å². The predicted octanol–water partition coefficient (Wildman–Crippen LogP) is 4.33. The molecular formula is C20H35N3O3. The van der Waals surface area contributed by atoms with Crippen molar-refractivity contribution >= 4 is 5.97 Å². The Balaban J connectivity index is 2.20. The number of carbonyl (C=O) groups excluding carboxylic acids is 1. The lowest BCUT2D eigenvalue weighted by Gasteiger charge is -2.30. The number of hydrogen-bond acceptors (Lipinski definition) is 5. The van der Waals surface area contributed by atoms with Crippen LogP contribution >= 0.6 is 0 Å². The van der Waals surface area contributed by atoms with Crippen molar-refractivity contribution in [2.24, 2.45) is 0 Å². The summed E-state index contributed by atoms with van der Waals surface area (Å²) in [4.78, 5) is 12.0. The van der Waals surface area contributed by atoms with Crippen molar-refractivity contribution in [3.8, 4) is 0 Å². The molecule has 0 amide bonds. The lowest BCUT2D eigenvalue weighted by Crippen LogP contribution is -2.32. The summed E-state index contributed by atoms with van der Waals surface area (Å²) < 4.78 is 13.4. The van der Waals surface area contributed by atoms with E-state index in [1.54, 1.807) is 0 Å². The zero-order chi connectivity index (χ0) is 19.4. The number of rotatable bonds is 6. The van der Waals surface area contributed by atoms with Gasteiger partial charge in [0.2, 0.25) is 0 Å². The van der Waals surface area contributed by atoms with Crippen LogP contribution in [0.1, 0.15) is 97.6 Å². The van der Waals surface area contributed by atoms with E-state index in [0.717, 1.165) is 50.6 Å². The summed E-state index contributed by atoms with van der Waals surface area (Å²) in [6, 6.07) is 0. The topological polar surface area (TPSA) is 66.2 Å². The van der Waals surface area contributed by atoms with Crippen LogP contribution in [0, 0.1) is 0 Å². The number of carbonyl (C=O) groups is 1. The molecule has 0 fully saturated rings. The van der Waals surface area contributed by atoms with E-state index in [2.05, 4.69) is 35.8 Å². The molecule has 1 aromatic heterocycles. The molecule has 1 atom stereocenters. The molecule has 0 radical (unpaired) electrons. The Morgan fingerprint density at radius 1 is 1.15 bits per heavy atom. The molecule has 6 nitrogen and oxygen atoms in total. The van der Waals surface area contributed by atoms with Gasteiger partial charge in [-0.25, -0.2) is 9.48 Å². The molecule has 0 bridgehead atoms. The molecule has 0 N–H and O–H groups in total. The minimum Gasteiger partial charge on any atom is -0.458 e. The van der Waals surface area contributed by atoms with Gasteiger partial charge < -0.3 is 9.47 Å².